The number of terminal acetylenes is 2. The number of amides is 1. The maximum absolute atomic E-state index is 13.8. The van der Waals surface area contributed by atoms with Crippen molar-refractivity contribution in [2.45, 2.75) is 32.2 Å². The fourth-order valence-corrected chi connectivity index (χ4v) is 1.90. The molecular formula is C17H17F2NO2. The van der Waals surface area contributed by atoms with Crippen LogP contribution in [0.1, 0.15) is 37.0 Å². The third kappa shape index (κ3) is 3.77. The van der Waals surface area contributed by atoms with Crippen LogP contribution in [-0.2, 0) is 0 Å². The number of halogens is 2. The van der Waals surface area contributed by atoms with Crippen LogP contribution in [0.2, 0.25) is 0 Å². The topological polar surface area (TPSA) is 38.3 Å². The van der Waals surface area contributed by atoms with Crippen molar-refractivity contribution >= 4 is 5.91 Å². The number of hydrogen-bond acceptors (Lipinski definition) is 2. The van der Waals surface area contributed by atoms with E-state index in [1.54, 1.807) is 0 Å². The summed E-state index contributed by atoms with van der Waals surface area (Å²) in [7, 11) is 0. The van der Waals surface area contributed by atoms with E-state index >= 15 is 0 Å². The van der Waals surface area contributed by atoms with E-state index in [9.17, 15) is 13.6 Å². The van der Waals surface area contributed by atoms with Gasteiger partial charge in [-0.25, -0.2) is 8.78 Å². The molecular weight excluding hydrogens is 288 g/mol. The predicted octanol–water partition coefficient (Wildman–Crippen LogP) is 2.90. The summed E-state index contributed by atoms with van der Waals surface area (Å²) in [5.41, 5.74) is -1.02. The van der Waals surface area contributed by atoms with Gasteiger partial charge in [-0.3, -0.25) is 4.79 Å². The number of carbonyl (C=O) groups is 1. The molecule has 1 N–H and O–H groups in total. The second kappa shape index (κ2) is 7.47. The lowest BCUT2D eigenvalue weighted by atomic mass is 9.93. The number of benzene rings is 1. The maximum Gasteiger partial charge on any atom is 0.252 e. The summed E-state index contributed by atoms with van der Waals surface area (Å²) in [6.45, 7) is 3.37. The van der Waals surface area contributed by atoms with Crippen molar-refractivity contribution in [1.29, 1.82) is 0 Å². The van der Waals surface area contributed by atoms with E-state index in [0.29, 0.717) is 12.8 Å². The van der Waals surface area contributed by atoms with E-state index in [-0.39, 0.29) is 12.2 Å². The van der Waals surface area contributed by atoms with Crippen LogP contribution in [0.5, 0.6) is 5.75 Å². The van der Waals surface area contributed by atoms with Gasteiger partial charge in [-0.1, -0.05) is 25.7 Å². The Morgan fingerprint density at radius 1 is 1.27 bits per heavy atom. The fraction of sp³-hybridized carbons (Fsp3) is 0.353. The molecule has 0 bridgehead atoms. The minimum absolute atomic E-state index is 0.176. The van der Waals surface area contributed by atoms with Crippen molar-refractivity contribution in [3.8, 4) is 30.4 Å². The first-order chi connectivity index (χ1) is 10.4. The molecule has 0 fully saturated rings. The van der Waals surface area contributed by atoms with Gasteiger partial charge in [0.15, 0.2) is 17.4 Å². The lowest BCUT2D eigenvalue weighted by molar-refractivity contribution is 0.0915. The van der Waals surface area contributed by atoms with Crippen LogP contribution < -0.4 is 10.1 Å². The van der Waals surface area contributed by atoms with Gasteiger partial charge in [0.1, 0.15) is 12.1 Å². The fourth-order valence-electron chi connectivity index (χ4n) is 1.90. The molecule has 0 aliphatic carbocycles. The van der Waals surface area contributed by atoms with Crippen molar-refractivity contribution < 1.29 is 18.3 Å². The molecule has 0 unspecified atom stereocenters. The van der Waals surface area contributed by atoms with Gasteiger partial charge in [0.05, 0.1) is 0 Å². The molecule has 3 nitrogen and oxygen atoms in total. The zero-order chi connectivity index (χ0) is 16.8. The van der Waals surface area contributed by atoms with Gasteiger partial charge in [0, 0.05) is 5.56 Å². The average molecular weight is 305 g/mol. The van der Waals surface area contributed by atoms with Crippen molar-refractivity contribution in [1.82, 2.24) is 5.32 Å². The molecule has 1 rings (SSSR count). The molecule has 1 amide bonds. The highest BCUT2D eigenvalue weighted by Gasteiger charge is 2.27. The van der Waals surface area contributed by atoms with Crippen molar-refractivity contribution in [2.24, 2.45) is 0 Å². The van der Waals surface area contributed by atoms with Crippen LogP contribution >= 0.6 is 0 Å². The summed E-state index contributed by atoms with van der Waals surface area (Å²) in [4.78, 5) is 12.2. The van der Waals surface area contributed by atoms with Crippen molar-refractivity contribution in [3.05, 3.63) is 29.3 Å². The first kappa shape index (κ1) is 17.5. The Kier molecular flexibility index (Phi) is 5.95. The van der Waals surface area contributed by atoms with Crippen LogP contribution in [0.25, 0.3) is 0 Å². The first-order valence-corrected chi connectivity index (χ1v) is 6.78. The molecule has 0 spiro atoms. The summed E-state index contributed by atoms with van der Waals surface area (Å²) in [5, 5.41) is 2.63. The highest BCUT2D eigenvalue weighted by Crippen LogP contribution is 2.24. The minimum Gasteiger partial charge on any atom is -0.475 e. The average Bonchev–Trinajstić information content (AvgIpc) is 2.51. The lowest BCUT2D eigenvalue weighted by Gasteiger charge is -2.27. The molecule has 0 aromatic heterocycles. The van der Waals surface area contributed by atoms with Crippen molar-refractivity contribution in [3.63, 3.8) is 0 Å². The van der Waals surface area contributed by atoms with Crippen molar-refractivity contribution in [2.75, 3.05) is 6.61 Å². The Bertz CT molecular complexity index is 614. The third-order valence-corrected chi connectivity index (χ3v) is 3.40. The minimum atomic E-state index is -1.00. The van der Waals surface area contributed by atoms with Gasteiger partial charge < -0.3 is 10.1 Å². The van der Waals surface area contributed by atoms with Crippen LogP contribution in [0.4, 0.5) is 8.78 Å². The molecule has 0 aliphatic heterocycles. The van der Waals surface area contributed by atoms with Gasteiger partial charge in [-0.2, -0.15) is 0 Å². The predicted molar refractivity (Wildman–Crippen MR) is 80.3 cm³/mol. The molecule has 1 aromatic rings. The number of hydrogen-bond donors (Lipinski definition) is 1. The van der Waals surface area contributed by atoms with Gasteiger partial charge in [-0.05, 0) is 25.0 Å². The quantitative estimate of drug-likeness (QED) is 0.821. The van der Waals surface area contributed by atoms with Gasteiger partial charge >= 0.3 is 0 Å². The smallest absolute Gasteiger partial charge is 0.252 e. The Morgan fingerprint density at radius 2 is 1.82 bits per heavy atom. The zero-order valence-corrected chi connectivity index (χ0v) is 12.5. The summed E-state index contributed by atoms with van der Waals surface area (Å²) >= 11 is 0. The summed E-state index contributed by atoms with van der Waals surface area (Å²) in [5.74, 6) is 1.36. The summed E-state index contributed by atoms with van der Waals surface area (Å²) in [6, 6.07) is 1.77. The second-order valence-corrected chi connectivity index (χ2v) is 4.65. The Hall–Kier alpha value is -2.53. The highest BCUT2D eigenvalue weighted by atomic mass is 19.1. The highest BCUT2D eigenvalue weighted by molar-refractivity contribution is 5.95. The maximum atomic E-state index is 13.8. The molecule has 0 saturated heterocycles. The van der Waals surface area contributed by atoms with E-state index in [1.807, 2.05) is 13.8 Å². The summed E-state index contributed by atoms with van der Waals surface area (Å²) < 4.78 is 32.4. The van der Waals surface area contributed by atoms with E-state index in [0.717, 1.165) is 12.1 Å². The Balaban J connectivity index is 3.06. The summed E-state index contributed by atoms with van der Waals surface area (Å²) in [6.07, 6.45) is 11.4. The number of nitrogens with one attached hydrogen (secondary N) is 1. The van der Waals surface area contributed by atoms with Crippen LogP contribution in [0, 0.1) is 36.3 Å². The van der Waals surface area contributed by atoms with E-state index in [2.05, 4.69) is 17.2 Å². The van der Waals surface area contributed by atoms with E-state index in [1.165, 1.54) is 0 Å². The van der Waals surface area contributed by atoms with Gasteiger partial charge in [0.25, 0.3) is 5.91 Å². The molecule has 22 heavy (non-hydrogen) atoms. The number of carbonyl (C=O) groups excluding carboxylic acids is 1. The third-order valence-electron chi connectivity index (χ3n) is 3.40. The Labute approximate surface area is 129 Å². The largest absolute Gasteiger partial charge is 0.475 e. The molecule has 1 aromatic carbocycles. The monoisotopic (exact) mass is 305 g/mol. The normalized spacial score (nSPS) is 10.5. The second-order valence-electron chi connectivity index (χ2n) is 4.65. The molecule has 0 heterocycles. The molecule has 5 heteroatoms. The van der Waals surface area contributed by atoms with E-state index < -0.39 is 28.8 Å². The first-order valence-electron chi connectivity index (χ1n) is 6.78. The van der Waals surface area contributed by atoms with Crippen LogP contribution in [-0.4, -0.2) is 18.1 Å². The molecule has 0 atom stereocenters. The standard InChI is InChI=1S/C17H17F2NO2/c1-5-9-22-15-13(18)10-12(11-14(15)19)16(21)20-17(6-2,7-3)8-4/h1-2,10-11H,7-9H2,3-4H3,(H,20,21). The number of ether oxygens (including phenoxy) is 1. The molecule has 116 valence electrons. The molecule has 0 aliphatic rings. The number of rotatable bonds is 6. The van der Waals surface area contributed by atoms with Crippen LogP contribution in [0.15, 0.2) is 12.1 Å². The van der Waals surface area contributed by atoms with Gasteiger partial charge in [-0.15, -0.1) is 12.8 Å². The van der Waals surface area contributed by atoms with Crippen LogP contribution in [0.3, 0.4) is 0 Å². The SMILES string of the molecule is C#CCOc1c(F)cc(C(=O)NC(C#C)(CC)CC)cc1F. The lowest BCUT2D eigenvalue weighted by Crippen LogP contribution is -2.46. The van der Waals surface area contributed by atoms with E-state index in [4.69, 9.17) is 17.6 Å². The Morgan fingerprint density at radius 3 is 2.23 bits per heavy atom. The zero-order valence-electron chi connectivity index (χ0n) is 12.5. The van der Waals surface area contributed by atoms with Gasteiger partial charge in [0.2, 0.25) is 0 Å². The molecule has 0 radical (unpaired) electrons. The molecule has 0 saturated carbocycles.